The molecule has 18 heavy (non-hydrogen) atoms. The second-order valence-corrected chi connectivity index (χ2v) is 22.2. The molecular weight excluding hydrogens is 270 g/mol. The van der Waals surface area contributed by atoms with Gasteiger partial charge in [0, 0.05) is 7.11 Å². The third kappa shape index (κ3) is 5.29. The molecule has 0 aliphatic carbocycles. The van der Waals surface area contributed by atoms with E-state index in [1.807, 2.05) is 7.11 Å². The maximum atomic E-state index is 5.96. The molecule has 0 aromatic heterocycles. The zero-order valence-corrected chi connectivity index (χ0v) is 17.2. The maximum absolute atomic E-state index is 5.96. The van der Waals surface area contributed by atoms with Gasteiger partial charge in [0.2, 0.25) is 0 Å². The normalized spacial score (nSPS) is 14.3. The highest BCUT2D eigenvalue weighted by molar-refractivity contribution is 6.89. The highest BCUT2D eigenvalue weighted by atomic mass is 28.4. The summed E-state index contributed by atoms with van der Waals surface area (Å²) in [4.78, 5) is 0. The lowest BCUT2D eigenvalue weighted by Crippen LogP contribution is -2.60. The zero-order chi connectivity index (χ0) is 14.6. The average Bonchev–Trinajstić information content (AvgIpc) is 2.21. The van der Waals surface area contributed by atoms with Gasteiger partial charge in [-0.2, -0.15) is 0 Å². The summed E-state index contributed by atoms with van der Waals surface area (Å²) in [6.07, 6.45) is 0. The summed E-state index contributed by atoms with van der Waals surface area (Å²) in [7, 11) is -1.89. The van der Waals surface area contributed by atoms with Crippen LogP contribution in [0, 0.1) is 0 Å². The van der Waals surface area contributed by atoms with Crippen LogP contribution in [0.1, 0.15) is 13.8 Å². The van der Waals surface area contributed by atoms with E-state index >= 15 is 0 Å². The van der Waals surface area contributed by atoms with Gasteiger partial charge < -0.3 is 8.66 Å². The maximum Gasteiger partial charge on any atom is 0.192 e. The van der Waals surface area contributed by atoms with Crippen LogP contribution in [-0.2, 0) is 4.43 Å². The van der Waals surface area contributed by atoms with Crippen LogP contribution in [0.2, 0.25) is 57.4 Å². The van der Waals surface area contributed by atoms with Crippen molar-refractivity contribution in [3.05, 3.63) is 0 Å². The molecular formula is C13H35NOSi3. The van der Waals surface area contributed by atoms with Crippen molar-refractivity contribution in [3.63, 3.8) is 0 Å². The molecule has 0 saturated carbocycles. The Morgan fingerprint density at radius 1 is 0.833 bits per heavy atom. The summed E-state index contributed by atoms with van der Waals surface area (Å²) in [6.45, 7) is 20.8. The molecule has 0 aromatic rings. The van der Waals surface area contributed by atoms with Crippen molar-refractivity contribution in [2.45, 2.75) is 71.3 Å². The first-order valence-corrected chi connectivity index (χ1v) is 16.8. The van der Waals surface area contributed by atoms with Gasteiger partial charge in [-0.3, -0.25) is 0 Å². The third-order valence-corrected chi connectivity index (χ3v) is 16.4. The first-order valence-electron chi connectivity index (χ1n) is 7.35. The highest BCUT2D eigenvalue weighted by Crippen LogP contribution is 2.26. The van der Waals surface area contributed by atoms with Gasteiger partial charge in [0.05, 0.1) is 0 Å². The van der Waals surface area contributed by atoms with Gasteiger partial charge >= 0.3 is 0 Å². The van der Waals surface area contributed by atoms with E-state index in [0.29, 0.717) is 0 Å². The van der Waals surface area contributed by atoms with Gasteiger partial charge in [0.15, 0.2) is 8.32 Å². The molecule has 0 atom stereocenters. The minimum absolute atomic E-state index is 1.20. The van der Waals surface area contributed by atoms with Crippen molar-refractivity contribution in [1.82, 2.24) is 4.23 Å². The lowest BCUT2D eigenvalue weighted by Gasteiger charge is -2.45. The second kappa shape index (κ2) is 6.83. The third-order valence-electron chi connectivity index (χ3n) is 4.13. The van der Waals surface area contributed by atoms with Crippen molar-refractivity contribution >= 4 is 24.8 Å². The predicted octanol–water partition coefficient (Wildman–Crippen LogP) is 4.59. The summed E-state index contributed by atoms with van der Waals surface area (Å²) >= 11 is 0. The SMILES string of the molecule is CC[Si](CC)(CCN([Si](C)(C)C)[Si](C)(C)C)OC. The van der Waals surface area contributed by atoms with Crippen LogP contribution >= 0.6 is 0 Å². The molecule has 0 fully saturated rings. The molecule has 0 saturated heterocycles. The summed E-state index contributed by atoms with van der Waals surface area (Å²) in [5, 5.41) is 0. The van der Waals surface area contributed by atoms with Crippen LogP contribution in [0.4, 0.5) is 0 Å². The summed E-state index contributed by atoms with van der Waals surface area (Å²) in [5.74, 6) is 0. The Morgan fingerprint density at radius 2 is 1.22 bits per heavy atom. The quantitative estimate of drug-likeness (QED) is 0.608. The van der Waals surface area contributed by atoms with Gasteiger partial charge in [-0.05, 0) is 24.7 Å². The predicted molar refractivity (Wildman–Crippen MR) is 91.9 cm³/mol. The topological polar surface area (TPSA) is 12.5 Å². The van der Waals surface area contributed by atoms with Gasteiger partial charge in [-0.15, -0.1) is 0 Å². The Bertz CT molecular complexity index is 219. The van der Waals surface area contributed by atoms with E-state index in [0.717, 1.165) is 0 Å². The fourth-order valence-electron chi connectivity index (χ4n) is 2.99. The molecule has 0 unspecified atom stereocenters. The zero-order valence-electron chi connectivity index (χ0n) is 14.2. The Labute approximate surface area is 118 Å². The van der Waals surface area contributed by atoms with E-state index in [1.165, 1.54) is 24.7 Å². The molecule has 0 spiro atoms. The van der Waals surface area contributed by atoms with Gasteiger partial charge in [0.1, 0.15) is 16.5 Å². The van der Waals surface area contributed by atoms with Gasteiger partial charge in [-0.25, -0.2) is 0 Å². The summed E-state index contributed by atoms with van der Waals surface area (Å²) in [6, 6.07) is 3.82. The molecule has 0 bridgehead atoms. The van der Waals surface area contributed by atoms with Crippen LogP contribution in [0.25, 0.3) is 0 Å². The lowest BCUT2D eigenvalue weighted by atomic mass is 10.8. The average molecular weight is 306 g/mol. The highest BCUT2D eigenvalue weighted by Gasteiger charge is 2.37. The van der Waals surface area contributed by atoms with E-state index in [-0.39, 0.29) is 0 Å². The lowest BCUT2D eigenvalue weighted by molar-refractivity contribution is 0.388. The molecule has 0 aliphatic heterocycles. The summed E-state index contributed by atoms with van der Waals surface area (Å²) in [5.41, 5.74) is 0. The standard InChI is InChI=1S/C13H35NOSi3/c1-10-18(11-2,15-3)13-12-14(16(4,5)6)17(7,8)9/h10-13H2,1-9H3. The number of hydrogen-bond acceptors (Lipinski definition) is 2. The van der Waals surface area contributed by atoms with Crippen molar-refractivity contribution in [3.8, 4) is 0 Å². The van der Waals surface area contributed by atoms with Crippen LogP contribution in [-0.4, -0.2) is 42.7 Å². The Morgan fingerprint density at radius 3 is 1.44 bits per heavy atom. The Kier molecular flexibility index (Phi) is 7.05. The fourth-order valence-corrected chi connectivity index (χ4v) is 15.7. The molecule has 0 heterocycles. The minimum Gasteiger partial charge on any atom is -0.420 e. The molecule has 0 aliphatic rings. The Hall–Kier alpha value is 0.571. The fraction of sp³-hybridized carbons (Fsp3) is 1.00. The smallest absolute Gasteiger partial charge is 0.192 e. The number of hydrogen-bond donors (Lipinski definition) is 0. The summed E-state index contributed by atoms with van der Waals surface area (Å²) < 4.78 is 8.85. The van der Waals surface area contributed by atoms with E-state index in [1.54, 1.807) is 0 Å². The van der Waals surface area contributed by atoms with Crippen LogP contribution in [0.5, 0.6) is 0 Å². The van der Waals surface area contributed by atoms with Gasteiger partial charge in [0.25, 0.3) is 0 Å². The number of rotatable bonds is 8. The first kappa shape index (κ1) is 18.6. The monoisotopic (exact) mass is 305 g/mol. The van der Waals surface area contributed by atoms with Crippen LogP contribution in [0.15, 0.2) is 0 Å². The molecule has 0 radical (unpaired) electrons. The van der Waals surface area contributed by atoms with E-state index in [4.69, 9.17) is 4.43 Å². The minimum atomic E-state index is -1.43. The van der Waals surface area contributed by atoms with Crippen molar-refractivity contribution < 1.29 is 4.43 Å². The second-order valence-electron chi connectivity index (χ2n) is 7.34. The molecule has 5 heteroatoms. The van der Waals surface area contributed by atoms with Crippen LogP contribution in [0.3, 0.4) is 0 Å². The van der Waals surface area contributed by atoms with Gasteiger partial charge in [-0.1, -0.05) is 53.1 Å². The van der Waals surface area contributed by atoms with Crippen molar-refractivity contribution in [2.75, 3.05) is 13.7 Å². The first-order chi connectivity index (χ1) is 8.02. The molecule has 0 rings (SSSR count). The van der Waals surface area contributed by atoms with Crippen molar-refractivity contribution in [2.24, 2.45) is 0 Å². The largest absolute Gasteiger partial charge is 0.420 e. The van der Waals surface area contributed by atoms with E-state index < -0.39 is 24.8 Å². The van der Waals surface area contributed by atoms with Crippen molar-refractivity contribution in [1.29, 1.82) is 0 Å². The molecule has 0 amide bonds. The van der Waals surface area contributed by atoms with E-state index in [9.17, 15) is 0 Å². The van der Waals surface area contributed by atoms with Crippen LogP contribution < -0.4 is 0 Å². The molecule has 2 nitrogen and oxygen atoms in total. The molecule has 0 aromatic carbocycles. The Balaban J connectivity index is 4.83. The molecule has 110 valence electrons. The van der Waals surface area contributed by atoms with E-state index in [2.05, 4.69) is 57.4 Å². The number of nitrogens with zero attached hydrogens (tertiary/aromatic N) is 1. The molecule has 0 N–H and O–H groups in total.